The summed E-state index contributed by atoms with van der Waals surface area (Å²) in [6.45, 7) is 3.39. The molecule has 1 unspecified atom stereocenters. The van der Waals surface area contributed by atoms with E-state index in [1.165, 1.54) is 40.9 Å². The Labute approximate surface area is 216 Å². The summed E-state index contributed by atoms with van der Waals surface area (Å²) in [4.78, 5) is 51.0. The Hall–Kier alpha value is -3.62. The second kappa shape index (κ2) is 10.0. The van der Waals surface area contributed by atoms with Crippen LogP contribution in [0.1, 0.15) is 25.5 Å². The second-order valence-electron chi connectivity index (χ2n) is 8.85. The Balaban J connectivity index is 1.49. The SMILES string of the molecule is CC1(C)S[C@@H]2[C@H](NC(=O)C(NS(=O)(=O)NC(=O)Oc3ccccc3)c3ccccc3)C(=O)N2[C@H]1C(=O)O. The van der Waals surface area contributed by atoms with E-state index in [0.29, 0.717) is 0 Å². The van der Waals surface area contributed by atoms with Gasteiger partial charge in [-0.25, -0.2) is 14.3 Å². The van der Waals surface area contributed by atoms with E-state index in [1.54, 1.807) is 55.0 Å². The molecule has 4 atom stereocenters. The highest BCUT2D eigenvalue weighted by atomic mass is 32.2. The van der Waals surface area contributed by atoms with Crippen molar-refractivity contribution in [2.45, 2.75) is 42.1 Å². The van der Waals surface area contributed by atoms with Crippen LogP contribution in [0.25, 0.3) is 0 Å². The zero-order valence-electron chi connectivity index (χ0n) is 19.7. The van der Waals surface area contributed by atoms with Gasteiger partial charge >= 0.3 is 22.3 Å². The molecule has 0 aliphatic carbocycles. The number of carboxylic acid groups (broad SMARTS) is 1. The molecule has 4 rings (SSSR count). The molecule has 0 aromatic heterocycles. The van der Waals surface area contributed by atoms with E-state index in [0.717, 1.165) is 0 Å². The molecule has 2 aliphatic heterocycles. The number of ether oxygens (including phenoxy) is 1. The first-order chi connectivity index (χ1) is 17.4. The van der Waals surface area contributed by atoms with Gasteiger partial charge in [0.2, 0.25) is 11.8 Å². The fraction of sp³-hybridized carbons (Fsp3) is 0.304. The van der Waals surface area contributed by atoms with Crippen LogP contribution < -0.4 is 19.5 Å². The van der Waals surface area contributed by atoms with Gasteiger partial charge in [-0.1, -0.05) is 48.5 Å². The Morgan fingerprint density at radius 1 is 1.05 bits per heavy atom. The Bertz CT molecular complexity index is 1320. The maximum atomic E-state index is 13.2. The maximum absolute atomic E-state index is 13.2. The minimum atomic E-state index is -4.60. The third kappa shape index (κ3) is 5.55. The monoisotopic (exact) mass is 548 g/mol. The molecule has 37 heavy (non-hydrogen) atoms. The summed E-state index contributed by atoms with van der Waals surface area (Å²) < 4.78 is 33.3. The van der Waals surface area contributed by atoms with E-state index >= 15 is 0 Å². The minimum absolute atomic E-state index is 0.109. The predicted octanol–water partition coefficient (Wildman–Crippen LogP) is 0.982. The van der Waals surface area contributed by atoms with Crippen molar-refractivity contribution in [2.75, 3.05) is 0 Å². The molecular weight excluding hydrogens is 524 g/mol. The third-order valence-electron chi connectivity index (χ3n) is 5.81. The van der Waals surface area contributed by atoms with Crippen LogP contribution in [0.15, 0.2) is 60.7 Å². The number of para-hydroxylation sites is 1. The van der Waals surface area contributed by atoms with Gasteiger partial charge in [-0.15, -0.1) is 11.8 Å². The van der Waals surface area contributed by atoms with Gasteiger partial charge < -0.3 is 20.1 Å². The largest absolute Gasteiger partial charge is 0.480 e. The smallest absolute Gasteiger partial charge is 0.427 e. The number of thioether (sulfide) groups is 1. The van der Waals surface area contributed by atoms with E-state index in [9.17, 15) is 32.7 Å². The topological polar surface area (TPSA) is 171 Å². The van der Waals surface area contributed by atoms with E-state index in [2.05, 4.69) is 10.0 Å². The summed E-state index contributed by atoms with van der Waals surface area (Å²) in [6, 6.07) is 12.0. The fourth-order valence-electron chi connectivity index (χ4n) is 4.21. The van der Waals surface area contributed by atoms with Crippen molar-refractivity contribution in [3.8, 4) is 5.75 Å². The third-order valence-corrected chi connectivity index (χ3v) is 8.37. The van der Waals surface area contributed by atoms with Crippen molar-refractivity contribution in [1.29, 1.82) is 0 Å². The lowest BCUT2D eigenvalue weighted by Crippen LogP contribution is -2.71. The van der Waals surface area contributed by atoms with Gasteiger partial charge in [-0.3, -0.25) is 9.59 Å². The summed E-state index contributed by atoms with van der Waals surface area (Å²) in [5.41, 5.74) is 0.244. The molecule has 0 saturated carbocycles. The number of β-lactam (4-membered cyclic amide) rings is 1. The number of benzene rings is 2. The summed E-state index contributed by atoms with van der Waals surface area (Å²) in [5.74, 6) is -2.48. The number of fused-ring (bicyclic) bond motifs is 1. The number of nitrogens with zero attached hydrogens (tertiary/aromatic N) is 1. The van der Waals surface area contributed by atoms with Crippen LogP contribution in [-0.4, -0.2) is 64.5 Å². The molecule has 2 saturated heterocycles. The molecule has 12 nitrogen and oxygen atoms in total. The summed E-state index contributed by atoms with van der Waals surface area (Å²) >= 11 is 1.24. The van der Waals surface area contributed by atoms with Crippen LogP contribution in [0.5, 0.6) is 5.75 Å². The first-order valence-electron chi connectivity index (χ1n) is 11.0. The van der Waals surface area contributed by atoms with Crippen molar-refractivity contribution >= 4 is 45.8 Å². The maximum Gasteiger partial charge on any atom is 0.427 e. The molecule has 0 spiro atoms. The highest BCUT2D eigenvalue weighted by Gasteiger charge is 2.64. The average molecular weight is 549 g/mol. The van der Waals surface area contributed by atoms with Crippen LogP contribution in [0.2, 0.25) is 0 Å². The lowest BCUT2D eigenvalue weighted by molar-refractivity contribution is -0.161. The van der Waals surface area contributed by atoms with Gasteiger partial charge in [0, 0.05) is 4.75 Å². The van der Waals surface area contributed by atoms with Crippen molar-refractivity contribution in [3.63, 3.8) is 0 Å². The Kier molecular flexibility index (Phi) is 7.17. The van der Waals surface area contributed by atoms with Crippen LogP contribution in [0.4, 0.5) is 4.79 Å². The molecule has 196 valence electrons. The van der Waals surface area contributed by atoms with Crippen molar-refractivity contribution < 1.29 is 37.4 Å². The fourth-order valence-corrected chi connectivity index (χ4v) is 6.71. The van der Waals surface area contributed by atoms with Crippen molar-refractivity contribution in [3.05, 3.63) is 66.2 Å². The number of hydrogen-bond donors (Lipinski definition) is 4. The number of hydrogen-bond acceptors (Lipinski definition) is 8. The van der Waals surface area contributed by atoms with Gasteiger partial charge in [-0.2, -0.15) is 13.1 Å². The van der Waals surface area contributed by atoms with Crippen LogP contribution in [0, 0.1) is 0 Å². The van der Waals surface area contributed by atoms with Gasteiger partial charge in [-0.05, 0) is 31.5 Å². The van der Waals surface area contributed by atoms with E-state index in [-0.39, 0.29) is 11.3 Å². The van der Waals surface area contributed by atoms with Crippen molar-refractivity contribution in [1.82, 2.24) is 19.7 Å². The number of aliphatic carboxylic acids is 1. The number of amides is 3. The first-order valence-corrected chi connectivity index (χ1v) is 13.4. The quantitative estimate of drug-likeness (QED) is 0.351. The average Bonchev–Trinajstić information content (AvgIpc) is 3.09. The molecule has 14 heteroatoms. The molecule has 3 amide bonds. The molecule has 2 aromatic rings. The predicted molar refractivity (Wildman–Crippen MR) is 132 cm³/mol. The normalized spacial score (nSPS) is 22.8. The molecule has 2 fully saturated rings. The molecule has 0 bridgehead atoms. The lowest BCUT2D eigenvalue weighted by Gasteiger charge is -2.44. The van der Waals surface area contributed by atoms with Gasteiger partial charge in [0.25, 0.3) is 0 Å². The Morgan fingerprint density at radius 2 is 1.65 bits per heavy atom. The van der Waals surface area contributed by atoms with Gasteiger partial charge in [0.15, 0.2) is 0 Å². The zero-order valence-corrected chi connectivity index (χ0v) is 21.3. The molecule has 2 heterocycles. The Morgan fingerprint density at radius 3 is 2.24 bits per heavy atom. The molecule has 2 aromatic carbocycles. The van der Waals surface area contributed by atoms with Gasteiger partial charge in [0.05, 0.1) is 0 Å². The minimum Gasteiger partial charge on any atom is -0.480 e. The number of nitrogens with one attached hydrogen (secondary N) is 3. The van der Waals surface area contributed by atoms with Crippen LogP contribution in [0.3, 0.4) is 0 Å². The highest BCUT2D eigenvalue weighted by molar-refractivity contribution is 8.01. The number of carbonyl (C=O) groups excluding carboxylic acids is 3. The van der Waals surface area contributed by atoms with Crippen molar-refractivity contribution in [2.24, 2.45) is 0 Å². The van der Waals surface area contributed by atoms with Crippen LogP contribution in [-0.2, 0) is 24.6 Å². The number of carbonyl (C=O) groups is 4. The van der Waals surface area contributed by atoms with E-state index in [4.69, 9.17) is 4.74 Å². The summed E-state index contributed by atoms with van der Waals surface area (Å²) in [5, 5.41) is 11.5. The summed E-state index contributed by atoms with van der Waals surface area (Å²) in [7, 11) is -4.60. The first kappa shape index (κ1) is 26.4. The molecular formula is C23H24N4O8S2. The standard InChI is InChI=1S/C23H24N4O8S2/c1-23(2)17(21(30)31)27-19(29)16(20(27)36-23)24-18(28)15(13-9-5-3-6-10-13)25-37(33,34)26-22(32)35-14-11-7-4-8-12-14/h3-12,15-17,20,25H,1-2H3,(H,24,28)(H,26,32)(H,30,31)/t15?,16-,17+,20-/m1/s1. The second-order valence-corrected chi connectivity index (χ2v) is 12.1. The number of rotatable bonds is 8. The number of carboxylic acids is 1. The van der Waals surface area contributed by atoms with Gasteiger partial charge in [0.1, 0.15) is 29.2 Å². The molecule has 2 aliphatic rings. The van der Waals surface area contributed by atoms with E-state index in [1.807, 2.05) is 0 Å². The van der Waals surface area contributed by atoms with E-state index < -0.39 is 62.3 Å². The highest BCUT2D eigenvalue weighted by Crippen LogP contribution is 2.50. The summed E-state index contributed by atoms with van der Waals surface area (Å²) in [6.07, 6.45) is -1.29. The lowest BCUT2D eigenvalue weighted by atomic mass is 9.95. The zero-order chi connectivity index (χ0) is 27.0. The van der Waals surface area contributed by atoms with Crippen LogP contribution >= 0.6 is 11.8 Å². The molecule has 0 radical (unpaired) electrons. The molecule has 4 N–H and O–H groups in total.